The molecule has 1 fully saturated rings. The smallest absolute Gasteiger partial charge is 0.126 e. The van der Waals surface area contributed by atoms with E-state index >= 15 is 0 Å². The average Bonchev–Trinajstić information content (AvgIpc) is 3.03. The summed E-state index contributed by atoms with van der Waals surface area (Å²) in [5, 5.41) is 6.76. The van der Waals surface area contributed by atoms with E-state index in [9.17, 15) is 0 Å². The Hall–Kier alpha value is -1.09. The van der Waals surface area contributed by atoms with Gasteiger partial charge < -0.3 is 10.6 Å². The van der Waals surface area contributed by atoms with E-state index in [2.05, 4.69) is 34.7 Å². The van der Waals surface area contributed by atoms with Crippen LogP contribution in [0.4, 0.5) is 5.82 Å². The van der Waals surface area contributed by atoms with E-state index in [0.29, 0.717) is 6.04 Å². The molecular formula is C12H19N3. The highest BCUT2D eigenvalue weighted by molar-refractivity contribution is 5.37. The fraction of sp³-hybridized carbons (Fsp3) is 0.583. The molecule has 0 amide bonds. The van der Waals surface area contributed by atoms with Crippen LogP contribution in [0.5, 0.6) is 0 Å². The van der Waals surface area contributed by atoms with Crippen molar-refractivity contribution in [1.82, 2.24) is 10.3 Å². The van der Waals surface area contributed by atoms with Gasteiger partial charge in [-0.1, -0.05) is 13.0 Å². The lowest BCUT2D eigenvalue weighted by Gasteiger charge is -2.06. The molecule has 1 saturated carbocycles. The second-order valence-corrected chi connectivity index (χ2v) is 4.11. The SMILES string of the molecule is CCCNCc1cccc(NC2CC2)n1. The van der Waals surface area contributed by atoms with Gasteiger partial charge >= 0.3 is 0 Å². The van der Waals surface area contributed by atoms with Crippen LogP contribution in [-0.4, -0.2) is 17.6 Å². The zero-order chi connectivity index (χ0) is 10.5. The minimum atomic E-state index is 0.677. The number of pyridine rings is 1. The maximum absolute atomic E-state index is 4.55. The lowest BCUT2D eigenvalue weighted by Crippen LogP contribution is -2.15. The third-order valence-corrected chi connectivity index (χ3v) is 2.47. The molecule has 0 spiro atoms. The molecule has 1 aliphatic rings. The van der Waals surface area contributed by atoms with Crippen molar-refractivity contribution in [3.05, 3.63) is 23.9 Å². The monoisotopic (exact) mass is 205 g/mol. The lowest BCUT2D eigenvalue weighted by molar-refractivity contribution is 0.664. The number of nitrogens with one attached hydrogen (secondary N) is 2. The number of hydrogen-bond donors (Lipinski definition) is 2. The Labute approximate surface area is 91.3 Å². The molecule has 2 N–H and O–H groups in total. The summed E-state index contributed by atoms with van der Waals surface area (Å²) in [5.74, 6) is 1.02. The van der Waals surface area contributed by atoms with Gasteiger partial charge in [0.2, 0.25) is 0 Å². The van der Waals surface area contributed by atoms with Gasteiger partial charge in [-0.3, -0.25) is 0 Å². The van der Waals surface area contributed by atoms with Crippen LogP contribution in [0, 0.1) is 0 Å². The third kappa shape index (κ3) is 3.51. The molecule has 1 heterocycles. The molecule has 3 nitrogen and oxygen atoms in total. The zero-order valence-corrected chi connectivity index (χ0v) is 9.29. The van der Waals surface area contributed by atoms with E-state index in [0.717, 1.165) is 24.6 Å². The third-order valence-electron chi connectivity index (χ3n) is 2.47. The molecule has 1 aliphatic carbocycles. The van der Waals surface area contributed by atoms with Crippen molar-refractivity contribution in [2.45, 2.75) is 38.8 Å². The Morgan fingerprint density at radius 2 is 2.27 bits per heavy atom. The first-order valence-corrected chi connectivity index (χ1v) is 5.81. The quantitative estimate of drug-likeness (QED) is 0.699. The first-order valence-electron chi connectivity index (χ1n) is 5.81. The van der Waals surface area contributed by atoms with Crippen LogP contribution < -0.4 is 10.6 Å². The summed E-state index contributed by atoms with van der Waals surface area (Å²) < 4.78 is 0. The number of hydrogen-bond acceptors (Lipinski definition) is 3. The average molecular weight is 205 g/mol. The van der Waals surface area contributed by atoms with E-state index in [1.54, 1.807) is 0 Å². The Balaban J connectivity index is 1.86. The molecule has 1 aromatic rings. The second kappa shape index (κ2) is 5.12. The first-order chi connectivity index (χ1) is 7.38. The van der Waals surface area contributed by atoms with Crippen molar-refractivity contribution in [1.29, 1.82) is 0 Å². The molecule has 82 valence electrons. The first kappa shape index (κ1) is 10.4. The van der Waals surface area contributed by atoms with Gasteiger partial charge in [0.1, 0.15) is 5.82 Å². The van der Waals surface area contributed by atoms with Crippen LogP contribution in [0.3, 0.4) is 0 Å². The van der Waals surface area contributed by atoms with Gasteiger partial charge in [0.05, 0.1) is 5.69 Å². The molecule has 0 saturated heterocycles. The molecule has 0 bridgehead atoms. The van der Waals surface area contributed by atoms with Crippen molar-refractivity contribution >= 4 is 5.82 Å². The largest absolute Gasteiger partial charge is 0.367 e. The summed E-state index contributed by atoms with van der Waals surface area (Å²) in [4.78, 5) is 4.55. The molecular weight excluding hydrogens is 186 g/mol. The molecule has 0 aromatic carbocycles. The molecule has 0 unspecified atom stereocenters. The van der Waals surface area contributed by atoms with E-state index in [1.807, 2.05) is 6.07 Å². The number of anilines is 1. The van der Waals surface area contributed by atoms with Crippen LogP contribution >= 0.6 is 0 Å². The summed E-state index contributed by atoms with van der Waals surface area (Å²) in [6, 6.07) is 6.86. The predicted octanol–water partition coefficient (Wildman–Crippen LogP) is 2.16. The van der Waals surface area contributed by atoms with Crippen LogP contribution in [0.2, 0.25) is 0 Å². The Morgan fingerprint density at radius 1 is 1.40 bits per heavy atom. The van der Waals surface area contributed by atoms with Crippen molar-refractivity contribution in [3.8, 4) is 0 Å². The minimum absolute atomic E-state index is 0.677. The van der Waals surface area contributed by atoms with Crippen LogP contribution in [-0.2, 0) is 6.54 Å². The Bertz CT molecular complexity index is 307. The standard InChI is InChI=1S/C12H19N3/c1-2-8-13-9-11-4-3-5-12(15-11)14-10-6-7-10/h3-5,10,13H,2,6-9H2,1H3,(H,14,15). The second-order valence-electron chi connectivity index (χ2n) is 4.11. The van der Waals surface area contributed by atoms with Gasteiger partial charge in [-0.15, -0.1) is 0 Å². The van der Waals surface area contributed by atoms with Crippen LogP contribution in [0.1, 0.15) is 31.9 Å². The van der Waals surface area contributed by atoms with E-state index < -0.39 is 0 Å². The van der Waals surface area contributed by atoms with Crippen molar-refractivity contribution in [3.63, 3.8) is 0 Å². The molecule has 0 radical (unpaired) electrons. The molecule has 3 heteroatoms. The molecule has 0 aliphatic heterocycles. The lowest BCUT2D eigenvalue weighted by atomic mass is 10.3. The summed E-state index contributed by atoms with van der Waals surface area (Å²) >= 11 is 0. The van der Waals surface area contributed by atoms with Gasteiger partial charge in [-0.05, 0) is 37.9 Å². The summed E-state index contributed by atoms with van der Waals surface area (Å²) in [7, 11) is 0. The van der Waals surface area contributed by atoms with Gasteiger partial charge in [-0.2, -0.15) is 0 Å². The fourth-order valence-electron chi connectivity index (χ4n) is 1.49. The van der Waals surface area contributed by atoms with Gasteiger partial charge in [-0.25, -0.2) is 4.98 Å². The van der Waals surface area contributed by atoms with Crippen LogP contribution in [0.15, 0.2) is 18.2 Å². The highest BCUT2D eigenvalue weighted by Gasteiger charge is 2.21. The maximum atomic E-state index is 4.55. The van der Waals surface area contributed by atoms with Crippen molar-refractivity contribution in [2.75, 3.05) is 11.9 Å². The Kier molecular flexibility index (Phi) is 3.56. The van der Waals surface area contributed by atoms with Crippen molar-refractivity contribution < 1.29 is 0 Å². The highest BCUT2D eigenvalue weighted by atomic mass is 15.0. The van der Waals surface area contributed by atoms with Gasteiger partial charge in [0.15, 0.2) is 0 Å². The molecule has 0 atom stereocenters. The van der Waals surface area contributed by atoms with Gasteiger partial charge in [0, 0.05) is 12.6 Å². The summed E-state index contributed by atoms with van der Waals surface area (Å²) in [5.41, 5.74) is 1.12. The molecule has 15 heavy (non-hydrogen) atoms. The van der Waals surface area contributed by atoms with E-state index in [-0.39, 0.29) is 0 Å². The maximum Gasteiger partial charge on any atom is 0.126 e. The highest BCUT2D eigenvalue weighted by Crippen LogP contribution is 2.23. The normalized spacial score (nSPS) is 15.3. The molecule has 1 aromatic heterocycles. The van der Waals surface area contributed by atoms with Crippen molar-refractivity contribution in [2.24, 2.45) is 0 Å². The van der Waals surface area contributed by atoms with E-state index in [1.165, 1.54) is 19.3 Å². The number of rotatable bonds is 6. The fourth-order valence-corrected chi connectivity index (χ4v) is 1.49. The Morgan fingerprint density at radius 3 is 3.00 bits per heavy atom. The zero-order valence-electron chi connectivity index (χ0n) is 9.29. The number of nitrogens with zero attached hydrogens (tertiary/aromatic N) is 1. The summed E-state index contributed by atoms with van der Waals surface area (Å²) in [6.07, 6.45) is 3.75. The number of aromatic nitrogens is 1. The molecule has 2 rings (SSSR count). The summed E-state index contributed by atoms with van der Waals surface area (Å²) in [6.45, 7) is 4.10. The van der Waals surface area contributed by atoms with Crippen LogP contribution in [0.25, 0.3) is 0 Å². The van der Waals surface area contributed by atoms with Gasteiger partial charge in [0.25, 0.3) is 0 Å². The topological polar surface area (TPSA) is 37.0 Å². The minimum Gasteiger partial charge on any atom is -0.367 e. The van der Waals surface area contributed by atoms with E-state index in [4.69, 9.17) is 0 Å². The predicted molar refractivity (Wildman–Crippen MR) is 62.9 cm³/mol.